The van der Waals surface area contributed by atoms with Crippen molar-refractivity contribution in [1.29, 1.82) is 0 Å². The highest BCUT2D eigenvalue weighted by atomic mass is 28.3. The second-order valence-electron chi connectivity index (χ2n) is 14.6. The number of hydrogen-bond acceptors (Lipinski definition) is 2. The van der Waals surface area contributed by atoms with Crippen LogP contribution in [0.5, 0.6) is 0 Å². The van der Waals surface area contributed by atoms with E-state index in [4.69, 9.17) is 9.97 Å². The van der Waals surface area contributed by atoms with Gasteiger partial charge in [-0.2, -0.15) is 0 Å². The lowest BCUT2D eigenvalue weighted by Crippen LogP contribution is -2.50. The molecule has 0 atom stereocenters. The van der Waals surface area contributed by atoms with Gasteiger partial charge in [-0.25, -0.2) is 9.97 Å². The fourth-order valence-electron chi connectivity index (χ4n) is 8.91. The first kappa shape index (κ1) is 30.1. The minimum Gasteiger partial charge on any atom is -0.309 e. The summed E-state index contributed by atoms with van der Waals surface area (Å²) in [5.41, 5.74) is 12.6. The van der Waals surface area contributed by atoms with Gasteiger partial charge in [-0.05, 0) is 69.5 Å². The van der Waals surface area contributed by atoms with Crippen LogP contribution in [0.4, 0.5) is 0 Å². The zero-order chi connectivity index (χ0) is 35.3. The molecule has 0 amide bonds. The molecule has 3 aromatic heterocycles. The molecule has 0 aliphatic carbocycles. The topological polar surface area (TPSA) is 35.6 Å². The third kappa shape index (κ3) is 4.35. The molecule has 1 aliphatic rings. The summed E-state index contributed by atoms with van der Waals surface area (Å²) >= 11 is 0. The third-order valence-electron chi connectivity index (χ3n) is 11.3. The van der Waals surface area contributed by atoms with Crippen molar-refractivity contribution >= 4 is 62.1 Å². The summed E-state index contributed by atoms with van der Waals surface area (Å²) < 4.78 is 4.66. The van der Waals surface area contributed by atoms with E-state index in [2.05, 4.69) is 192 Å². The molecule has 0 fully saturated rings. The summed E-state index contributed by atoms with van der Waals surface area (Å²) in [7, 11) is -2.17. The Hall–Kier alpha value is -6.56. The molecular weight excluding hydrogens is 661 g/mol. The van der Waals surface area contributed by atoms with Crippen LogP contribution in [-0.2, 0) is 0 Å². The molecule has 0 radical (unpaired) electrons. The van der Waals surface area contributed by atoms with Gasteiger partial charge in [0.25, 0.3) is 0 Å². The van der Waals surface area contributed by atoms with E-state index >= 15 is 0 Å². The lowest BCUT2D eigenvalue weighted by molar-refractivity contribution is 1.00. The van der Waals surface area contributed by atoms with Crippen molar-refractivity contribution < 1.29 is 0 Å². The molecule has 0 saturated carbocycles. The lowest BCUT2D eigenvalue weighted by Gasteiger charge is -2.22. The van der Waals surface area contributed by atoms with Crippen molar-refractivity contribution in [2.24, 2.45) is 0 Å². The Morgan fingerprint density at radius 1 is 0.415 bits per heavy atom. The Morgan fingerprint density at radius 2 is 0.981 bits per heavy atom. The predicted molar refractivity (Wildman–Crippen MR) is 224 cm³/mol. The maximum absolute atomic E-state index is 5.61. The van der Waals surface area contributed by atoms with E-state index in [-0.39, 0.29) is 0 Å². The molecule has 4 heterocycles. The van der Waals surface area contributed by atoms with E-state index in [1.807, 2.05) is 0 Å². The maximum atomic E-state index is 5.61. The van der Waals surface area contributed by atoms with Crippen LogP contribution in [0.15, 0.2) is 170 Å². The molecule has 11 rings (SSSR count). The maximum Gasteiger partial charge on any atom is 0.235 e. The third-order valence-corrected chi connectivity index (χ3v) is 14.8. The monoisotopic (exact) mass is 694 g/mol. The summed E-state index contributed by atoms with van der Waals surface area (Å²) in [6.07, 6.45) is 0. The van der Waals surface area contributed by atoms with E-state index in [1.54, 1.807) is 0 Å². The normalized spacial score (nSPS) is 13.2. The highest BCUT2D eigenvalue weighted by Crippen LogP contribution is 2.39. The summed E-state index contributed by atoms with van der Waals surface area (Å²) in [5, 5.41) is 7.57. The molecule has 1 aliphatic heterocycles. The fourth-order valence-corrected chi connectivity index (χ4v) is 12.1. The summed E-state index contributed by atoms with van der Waals surface area (Å²) in [4.78, 5) is 11.1. The van der Waals surface area contributed by atoms with Gasteiger partial charge in [0, 0.05) is 32.8 Å². The van der Waals surface area contributed by atoms with Crippen LogP contribution in [-0.4, -0.2) is 27.2 Å². The molecule has 10 aromatic rings. The quantitative estimate of drug-likeness (QED) is 0.172. The van der Waals surface area contributed by atoms with Crippen LogP contribution in [0.2, 0.25) is 13.1 Å². The Kier molecular flexibility index (Phi) is 6.37. The number of aromatic nitrogens is 4. The number of fused-ring (bicyclic) bond motifs is 9. The van der Waals surface area contributed by atoms with Crippen LogP contribution >= 0.6 is 0 Å². The Morgan fingerprint density at radius 3 is 1.72 bits per heavy atom. The average molecular weight is 695 g/mol. The van der Waals surface area contributed by atoms with E-state index in [1.165, 1.54) is 59.6 Å². The molecule has 53 heavy (non-hydrogen) atoms. The number of hydrogen-bond donors (Lipinski definition) is 0. The number of para-hydroxylation sites is 3. The van der Waals surface area contributed by atoms with Gasteiger partial charge in [-0.15, -0.1) is 0 Å². The van der Waals surface area contributed by atoms with Gasteiger partial charge in [0.1, 0.15) is 8.07 Å². The highest BCUT2D eigenvalue weighted by molar-refractivity contribution is 7.04. The van der Waals surface area contributed by atoms with Gasteiger partial charge >= 0.3 is 0 Å². The predicted octanol–water partition coefficient (Wildman–Crippen LogP) is 10.8. The smallest absolute Gasteiger partial charge is 0.235 e. The molecule has 0 unspecified atom stereocenters. The van der Waals surface area contributed by atoms with Crippen molar-refractivity contribution in [3.63, 3.8) is 0 Å². The van der Waals surface area contributed by atoms with Crippen molar-refractivity contribution in [3.05, 3.63) is 170 Å². The molecule has 4 nitrogen and oxygen atoms in total. The summed E-state index contributed by atoms with van der Waals surface area (Å²) in [5.74, 6) is 0.706. The van der Waals surface area contributed by atoms with Gasteiger partial charge in [0.2, 0.25) is 5.95 Å². The van der Waals surface area contributed by atoms with Crippen molar-refractivity contribution in [2.45, 2.75) is 13.1 Å². The van der Waals surface area contributed by atoms with E-state index in [0.29, 0.717) is 5.95 Å². The number of benzene rings is 7. The molecule has 0 saturated heterocycles. The number of rotatable bonds is 4. The van der Waals surface area contributed by atoms with Crippen LogP contribution in [0.25, 0.3) is 88.9 Å². The SMILES string of the molecule is C[Si]1(C)c2ccccc2-c2nc(-n3c4ccccc4c4ccccc43)nc(-c3ccc4c(c3)c3ccccc3n4-c3cccc(-c4ccccc4)c3)c21. The minimum absolute atomic E-state index is 0.706. The Balaban J connectivity index is 1.19. The molecule has 7 aromatic carbocycles. The van der Waals surface area contributed by atoms with Crippen molar-refractivity contribution in [1.82, 2.24) is 19.1 Å². The summed E-state index contributed by atoms with van der Waals surface area (Å²) in [6.45, 7) is 4.91. The number of nitrogens with zero attached hydrogens (tertiary/aromatic N) is 4. The molecule has 0 N–H and O–H groups in total. The van der Waals surface area contributed by atoms with Crippen LogP contribution in [0.1, 0.15) is 0 Å². The van der Waals surface area contributed by atoms with Gasteiger partial charge in [0.05, 0.1) is 33.5 Å². The first-order valence-electron chi connectivity index (χ1n) is 18.3. The summed E-state index contributed by atoms with van der Waals surface area (Å²) in [6, 6.07) is 61.3. The van der Waals surface area contributed by atoms with Gasteiger partial charge in [-0.3, -0.25) is 4.57 Å². The van der Waals surface area contributed by atoms with Gasteiger partial charge in [0.15, 0.2) is 0 Å². The molecule has 0 bridgehead atoms. The standard InChI is InChI=1S/C48H34N4Si/c1-53(2)44-26-13-9-22-38(44)46-47(53)45(49-48(50-46)52-41-24-11-6-19-35(41)36-20-7-12-25-42(36)52)33-27-28-43-39(30-33)37-21-8-10-23-40(37)51(43)34-18-14-17-32(29-34)31-15-4-3-5-16-31/h3-30H,1-2H3. The van der Waals surface area contributed by atoms with E-state index in [0.717, 1.165) is 33.7 Å². The zero-order valence-corrected chi connectivity index (χ0v) is 30.5. The van der Waals surface area contributed by atoms with Crippen molar-refractivity contribution in [2.75, 3.05) is 0 Å². The van der Waals surface area contributed by atoms with Crippen molar-refractivity contribution in [3.8, 4) is 45.3 Å². The van der Waals surface area contributed by atoms with E-state index < -0.39 is 8.07 Å². The van der Waals surface area contributed by atoms with Gasteiger partial charge in [-0.1, -0.05) is 140 Å². The first-order valence-corrected chi connectivity index (χ1v) is 21.3. The molecular formula is C48H34N4Si. The van der Waals surface area contributed by atoms with Crippen LogP contribution in [0, 0.1) is 0 Å². The second-order valence-corrected chi connectivity index (χ2v) is 18.9. The van der Waals surface area contributed by atoms with Crippen LogP contribution < -0.4 is 10.4 Å². The molecule has 250 valence electrons. The first-order chi connectivity index (χ1) is 26.1. The largest absolute Gasteiger partial charge is 0.309 e. The molecule has 5 heteroatoms. The lowest BCUT2D eigenvalue weighted by atomic mass is 10.0. The fraction of sp³-hybridized carbons (Fsp3) is 0.0417. The Labute approximate surface area is 308 Å². The highest BCUT2D eigenvalue weighted by Gasteiger charge is 2.42. The van der Waals surface area contributed by atoms with E-state index in [9.17, 15) is 0 Å². The molecule has 0 spiro atoms. The Bertz CT molecular complexity index is 3040. The second kappa shape index (κ2) is 11.2. The van der Waals surface area contributed by atoms with Crippen LogP contribution in [0.3, 0.4) is 0 Å². The minimum atomic E-state index is -2.17. The van der Waals surface area contributed by atoms with Gasteiger partial charge < -0.3 is 4.57 Å². The average Bonchev–Trinajstić information content (AvgIpc) is 3.81. The zero-order valence-electron chi connectivity index (χ0n) is 29.5.